The summed E-state index contributed by atoms with van der Waals surface area (Å²) in [7, 11) is 0. The molecule has 1 saturated heterocycles. The lowest BCUT2D eigenvalue weighted by atomic mass is 9.92. The van der Waals surface area contributed by atoms with Gasteiger partial charge in [0, 0.05) is 19.6 Å². The van der Waals surface area contributed by atoms with Gasteiger partial charge in [-0.3, -0.25) is 4.90 Å². The first-order valence-electron chi connectivity index (χ1n) is 6.17. The zero-order valence-electron chi connectivity index (χ0n) is 11.4. The number of aliphatic carboxylic acids is 1. The van der Waals surface area contributed by atoms with E-state index in [9.17, 15) is 14.7 Å². The van der Waals surface area contributed by atoms with Crippen LogP contribution in [0.25, 0.3) is 0 Å². The summed E-state index contributed by atoms with van der Waals surface area (Å²) >= 11 is 0. The molecule has 0 aliphatic carbocycles. The lowest BCUT2D eigenvalue weighted by molar-refractivity contribution is -0.152. The number of nitrogens with one attached hydrogen (secondary N) is 1. The van der Waals surface area contributed by atoms with E-state index in [1.165, 1.54) is 4.90 Å². The Kier molecular flexibility index (Phi) is 4.21. The average Bonchev–Trinajstić information content (AvgIpc) is 2.26. The first-order valence-corrected chi connectivity index (χ1v) is 6.17. The summed E-state index contributed by atoms with van der Waals surface area (Å²) < 4.78 is 5.28. The fourth-order valence-corrected chi connectivity index (χ4v) is 2.04. The van der Waals surface area contributed by atoms with Gasteiger partial charge in [0.05, 0.1) is 0 Å². The number of carboxylic acids is 1. The van der Waals surface area contributed by atoms with Gasteiger partial charge in [0.2, 0.25) is 0 Å². The van der Waals surface area contributed by atoms with E-state index in [0.717, 1.165) is 0 Å². The zero-order valence-corrected chi connectivity index (χ0v) is 11.4. The van der Waals surface area contributed by atoms with Gasteiger partial charge in [-0.2, -0.15) is 0 Å². The number of amides is 1. The van der Waals surface area contributed by atoms with Crippen LogP contribution in [0.15, 0.2) is 0 Å². The van der Waals surface area contributed by atoms with Crippen molar-refractivity contribution < 1.29 is 19.4 Å². The van der Waals surface area contributed by atoms with Gasteiger partial charge in [-0.1, -0.05) is 6.92 Å². The lowest BCUT2D eigenvalue weighted by Crippen LogP contribution is -2.67. The second kappa shape index (κ2) is 5.14. The highest BCUT2D eigenvalue weighted by Crippen LogP contribution is 2.24. The molecule has 1 unspecified atom stereocenters. The third-order valence-corrected chi connectivity index (χ3v) is 3.04. The Bertz CT molecular complexity index is 337. The Hall–Kier alpha value is -1.30. The summed E-state index contributed by atoms with van der Waals surface area (Å²) in [5.41, 5.74) is -1.83. The summed E-state index contributed by atoms with van der Waals surface area (Å²) in [5.74, 6) is -0.997. The molecule has 1 rings (SSSR count). The molecule has 6 heteroatoms. The second-order valence-corrected chi connectivity index (χ2v) is 5.50. The standard InChI is InChI=1S/C12H22N2O4/c1-5-12(9(15)16)8-13-6-7-14(12)10(17)18-11(2,3)4/h13H,5-8H2,1-4H3,(H,15,16). The van der Waals surface area contributed by atoms with E-state index < -0.39 is 23.2 Å². The monoisotopic (exact) mass is 258 g/mol. The SMILES string of the molecule is CCC1(C(=O)O)CNCCN1C(=O)OC(C)(C)C. The Balaban J connectivity index is 2.95. The van der Waals surface area contributed by atoms with Crippen LogP contribution >= 0.6 is 0 Å². The van der Waals surface area contributed by atoms with E-state index in [1.807, 2.05) is 0 Å². The number of carbonyl (C=O) groups is 2. The van der Waals surface area contributed by atoms with Crippen LogP contribution in [0.5, 0.6) is 0 Å². The molecule has 0 aromatic heterocycles. The fourth-order valence-electron chi connectivity index (χ4n) is 2.04. The molecular weight excluding hydrogens is 236 g/mol. The lowest BCUT2D eigenvalue weighted by Gasteiger charge is -2.43. The Morgan fingerprint density at radius 1 is 1.44 bits per heavy atom. The third-order valence-electron chi connectivity index (χ3n) is 3.04. The van der Waals surface area contributed by atoms with Crippen molar-refractivity contribution in [3.63, 3.8) is 0 Å². The van der Waals surface area contributed by atoms with E-state index in [4.69, 9.17) is 4.74 Å². The molecule has 1 heterocycles. The highest BCUT2D eigenvalue weighted by Gasteiger charge is 2.48. The van der Waals surface area contributed by atoms with Crippen molar-refractivity contribution in [1.82, 2.24) is 10.2 Å². The molecule has 18 heavy (non-hydrogen) atoms. The van der Waals surface area contributed by atoms with Crippen LogP contribution in [0.4, 0.5) is 4.79 Å². The normalized spacial score (nSPS) is 24.8. The number of hydrogen-bond acceptors (Lipinski definition) is 4. The van der Waals surface area contributed by atoms with E-state index in [0.29, 0.717) is 19.5 Å². The molecular formula is C12H22N2O4. The molecule has 0 bridgehead atoms. The molecule has 6 nitrogen and oxygen atoms in total. The summed E-state index contributed by atoms with van der Waals surface area (Å²) in [6.45, 7) is 8.23. The minimum Gasteiger partial charge on any atom is -0.479 e. The molecule has 2 N–H and O–H groups in total. The Morgan fingerprint density at radius 3 is 2.50 bits per heavy atom. The van der Waals surface area contributed by atoms with Crippen LogP contribution in [-0.2, 0) is 9.53 Å². The molecule has 0 radical (unpaired) electrons. The maximum atomic E-state index is 12.1. The van der Waals surface area contributed by atoms with Gasteiger partial charge in [0.15, 0.2) is 5.54 Å². The molecule has 0 aromatic carbocycles. The van der Waals surface area contributed by atoms with Crippen LogP contribution in [-0.4, -0.2) is 52.8 Å². The topological polar surface area (TPSA) is 78.9 Å². The number of carboxylic acid groups (broad SMARTS) is 1. The number of nitrogens with zero attached hydrogens (tertiary/aromatic N) is 1. The molecule has 1 amide bonds. The van der Waals surface area contributed by atoms with Crippen molar-refractivity contribution >= 4 is 12.1 Å². The van der Waals surface area contributed by atoms with Crippen molar-refractivity contribution in [2.24, 2.45) is 0 Å². The maximum absolute atomic E-state index is 12.1. The first kappa shape index (κ1) is 14.8. The molecule has 104 valence electrons. The van der Waals surface area contributed by atoms with Gasteiger partial charge in [-0.25, -0.2) is 9.59 Å². The molecule has 1 aliphatic rings. The predicted molar refractivity (Wildman–Crippen MR) is 66.5 cm³/mol. The van der Waals surface area contributed by atoms with Crippen LogP contribution in [0.1, 0.15) is 34.1 Å². The molecule has 0 saturated carbocycles. The largest absolute Gasteiger partial charge is 0.479 e. The summed E-state index contributed by atoms with van der Waals surface area (Å²) in [4.78, 5) is 24.9. The Labute approximate surface area is 107 Å². The Morgan fingerprint density at radius 2 is 2.06 bits per heavy atom. The van der Waals surface area contributed by atoms with Crippen LogP contribution in [0.2, 0.25) is 0 Å². The number of rotatable bonds is 2. The smallest absolute Gasteiger partial charge is 0.411 e. The van der Waals surface area contributed by atoms with Crippen molar-refractivity contribution in [1.29, 1.82) is 0 Å². The number of hydrogen-bond donors (Lipinski definition) is 2. The molecule has 1 fully saturated rings. The zero-order chi connectivity index (χ0) is 14.0. The maximum Gasteiger partial charge on any atom is 0.411 e. The van der Waals surface area contributed by atoms with Crippen LogP contribution < -0.4 is 5.32 Å². The van der Waals surface area contributed by atoms with Gasteiger partial charge in [-0.05, 0) is 27.2 Å². The second-order valence-electron chi connectivity index (χ2n) is 5.50. The summed E-state index contributed by atoms with van der Waals surface area (Å²) in [5, 5.41) is 12.4. The van der Waals surface area contributed by atoms with Crippen molar-refractivity contribution in [2.45, 2.75) is 45.3 Å². The highest BCUT2D eigenvalue weighted by atomic mass is 16.6. The fraction of sp³-hybridized carbons (Fsp3) is 0.833. The minimum absolute atomic E-state index is 0.248. The van der Waals surface area contributed by atoms with E-state index in [1.54, 1.807) is 27.7 Å². The van der Waals surface area contributed by atoms with Crippen molar-refractivity contribution in [3.05, 3.63) is 0 Å². The number of piperazine rings is 1. The van der Waals surface area contributed by atoms with Gasteiger partial charge in [0.1, 0.15) is 5.60 Å². The van der Waals surface area contributed by atoms with Crippen molar-refractivity contribution in [2.75, 3.05) is 19.6 Å². The molecule has 1 atom stereocenters. The number of ether oxygens (including phenoxy) is 1. The number of carbonyl (C=O) groups excluding carboxylic acids is 1. The molecule has 0 aromatic rings. The van der Waals surface area contributed by atoms with Crippen molar-refractivity contribution in [3.8, 4) is 0 Å². The predicted octanol–water partition coefficient (Wildman–Crippen LogP) is 1.06. The first-order chi connectivity index (χ1) is 8.23. The summed E-state index contributed by atoms with van der Waals surface area (Å²) in [6.07, 6.45) is -0.220. The van der Waals surface area contributed by atoms with E-state index in [-0.39, 0.29) is 6.54 Å². The van der Waals surface area contributed by atoms with Gasteiger partial charge in [-0.15, -0.1) is 0 Å². The van der Waals surface area contributed by atoms with E-state index in [2.05, 4.69) is 5.32 Å². The molecule has 1 aliphatic heterocycles. The highest BCUT2D eigenvalue weighted by molar-refractivity contribution is 5.85. The minimum atomic E-state index is -1.21. The molecule has 0 spiro atoms. The van der Waals surface area contributed by atoms with Crippen LogP contribution in [0, 0.1) is 0 Å². The quantitative estimate of drug-likeness (QED) is 0.774. The van der Waals surface area contributed by atoms with Gasteiger partial charge < -0.3 is 15.2 Å². The van der Waals surface area contributed by atoms with Crippen LogP contribution in [0.3, 0.4) is 0 Å². The van der Waals surface area contributed by atoms with Gasteiger partial charge >= 0.3 is 12.1 Å². The third kappa shape index (κ3) is 2.93. The summed E-state index contributed by atoms with van der Waals surface area (Å²) in [6, 6.07) is 0. The van der Waals surface area contributed by atoms with Gasteiger partial charge in [0.25, 0.3) is 0 Å². The average molecular weight is 258 g/mol. The van der Waals surface area contributed by atoms with E-state index >= 15 is 0 Å².